The van der Waals surface area contributed by atoms with E-state index in [4.69, 9.17) is 5.73 Å². The van der Waals surface area contributed by atoms with Crippen molar-refractivity contribution in [3.63, 3.8) is 0 Å². The monoisotopic (exact) mass is 272 g/mol. The number of carbonyl (C=O) groups excluding carboxylic acids is 1. The van der Waals surface area contributed by atoms with Gasteiger partial charge >= 0.3 is 0 Å². The highest BCUT2D eigenvalue weighted by Crippen LogP contribution is 2.33. The van der Waals surface area contributed by atoms with Gasteiger partial charge in [0.15, 0.2) is 0 Å². The second kappa shape index (κ2) is 5.96. The molecule has 108 valence electrons. The summed E-state index contributed by atoms with van der Waals surface area (Å²) in [6, 6.07) is 6.31. The molecule has 1 fully saturated rings. The van der Waals surface area contributed by atoms with Gasteiger partial charge < -0.3 is 11.1 Å². The van der Waals surface area contributed by atoms with Crippen molar-refractivity contribution in [2.24, 2.45) is 17.6 Å². The Hall–Kier alpha value is -1.35. The summed E-state index contributed by atoms with van der Waals surface area (Å²) in [6.45, 7) is 0.630. The second-order valence-corrected chi connectivity index (χ2v) is 6.17. The predicted octanol–water partition coefficient (Wildman–Crippen LogP) is 2.88. The van der Waals surface area contributed by atoms with Crippen LogP contribution in [-0.4, -0.2) is 12.5 Å². The van der Waals surface area contributed by atoms with Gasteiger partial charge in [-0.15, -0.1) is 0 Å². The van der Waals surface area contributed by atoms with Crippen LogP contribution in [0.2, 0.25) is 0 Å². The standard InChI is InChI=1S/C17H24N2O/c18-11-13-7-3-9-15(13)17(20)19-16-10-4-6-12-5-1-2-8-14(12)16/h4,6,10,13,15H,1-3,5,7-9,11,18H2,(H,19,20)/t13-,15-/m1/s1. The van der Waals surface area contributed by atoms with Crippen LogP contribution in [-0.2, 0) is 17.6 Å². The summed E-state index contributed by atoms with van der Waals surface area (Å²) in [5.41, 5.74) is 9.59. The van der Waals surface area contributed by atoms with E-state index in [1.54, 1.807) is 0 Å². The molecule has 0 radical (unpaired) electrons. The number of hydrogen-bond donors (Lipinski definition) is 2. The van der Waals surface area contributed by atoms with E-state index in [1.807, 2.05) is 0 Å². The summed E-state index contributed by atoms with van der Waals surface area (Å²) in [5, 5.41) is 3.18. The Kier molecular flexibility index (Phi) is 4.06. The molecule has 0 saturated heterocycles. The largest absolute Gasteiger partial charge is 0.330 e. The number of rotatable bonds is 3. The lowest BCUT2D eigenvalue weighted by atomic mass is 9.90. The first kappa shape index (κ1) is 13.6. The van der Waals surface area contributed by atoms with Crippen LogP contribution >= 0.6 is 0 Å². The number of nitrogens with one attached hydrogen (secondary N) is 1. The zero-order valence-corrected chi connectivity index (χ0v) is 12.0. The molecule has 3 rings (SSSR count). The maximum atomic E-state index is 12.5. The first-order chi connectivity index (χ1) is 9.79. The van der Waals surface area contributed by atoms with Crippen molar-refractivity contribution in [2.45, 2.75) is 44.9 Å². The van der Waals surface area contributed by atoms with Gasteiger partial charge in [-0.05, 0) is 68.2 Å². The van der Waals surface area contributed by atoms with E-state index < -0.39 is 0 Å². The Morgan fingerprint density at radius 1 is 1.20 bits per heavy atom. The van der Waals surface area contributed by atoms with E-state index in [1.165, 1.54) is 24.0 Å². The Morgan fingerprint density at radius 2 is 2.05 bits per heavy atom. The Balaban J connectivity index is 1.76. The van der Waals surface area contributed by atoms with E-state index in [0.29, 0.717) is 12.5 Å². The average molecular weight is 272 g/mol. The lowest BCUT2D eigenvalue weighted by Crippen LogP contribution is -2.30. The van der Waals surface area contributed by atoms with Crippen LogP contribution in [0.3, 0.4) is 0 Å². The zero-order valence-electron chi connectivity index (χ0n) is 12.0. The maximum absolute atomic E-state index is 12.5. The number of carbonyl (C=O) groups is 1. The lowest BCUT2D eigenvalue weighted by Gasteiger charge is -2.22. The van der Waals surface area contributed by atoms with Crippen LogP contribution in [0.4, 0.5) is 5.69 Å². The highest BCUT2D eigenvalue weighted by Gasteiger charge is 2.32. The number of hydrogen-bond acceptors (Lipinski definition) is 2. The van der Waals surface area contributed by atoms with E-state index in [2.05, 4.69) is 23.5 Å². The van der Waals surface area contributed by atoms with Crippen LogP contribution in [0.1, 0.15) is 43.2 Å². The van der Waals surface area contributed by atoms with E-state index in [9.17, 15) is 4.79 Å². The molecule has 0 bridgehead atoms. The van der Waals surface area contributed by atoms with Gasteiger partial charge in [-0.1, -0.05) is 18.6 Å². The first-order valence-corrected chi connectivity index (χ1v) is 7.91. The molecule has 2 aliphatic carbocycles. The molecule has 20 heavy (non-hydrogen) atoms. The molecule has 1 aromatic rings. The molecule has 1 amide bonds. The topological polar surface area (TPSA) is 55.1 Å². The summed E-state index contributed by atoms with van der Waals surface area (Å²) in [6.07, 6.45) is 7.96. The number of aryl methyl sites for hydroxylation is 1. The molecule has 1 saturated carbocycles. The van der Waals surface area contributed by atoms with Crippen molar-refractivity contribution in [2.75, 3.05) is 11.9 Å². The summed E-state index contributed by atoms with van der Waals surface area (Å²) >= 11 is 0. The number of nitrogens with two attached hydrogens (primary N) is 1. The third-order valence-corrected chi connectivity index (χ3v) is 4.95. The molecular weight excluding hydrogens is 248 g/mol. The van der Waals surface area contributed by atoms with Crippen LogP contribution < -0.4 is 11.1 Å². The minimum absolute atomic E-state index is 0.111. The molecule has 0 heterocycles. The smallest absolute Gasteiger partial charge is 0.227 e. The molecule has 3 nitrogen and oxygen atoms in total. The zero-order chi connectivity index (χ0) is 13.9. The van der Waals surface area contributed by atoms with Crippen molar-refractivity contribution in [1.82, 2.24) is 0 Å². The van der Waals surface area contributed by atoms with Crippen LogP contribution in [0.25, 0.3) is 0 Å². The molecule has 1 aromatic carbocycles. The van der Waals surface area contributed by atoms with Gasteiger partial charge in [-0.2, -0.15) is 0 Å². The minimum Gasteiger partial charge on any atom is -0.330 e. The molecule has 3 N–H and O–H groups in total. The van der Waals surface area contributed by atoms with Gasteiger partial charge in [0.1, 0.15) is 0 Å². The Morgan fingerprint density at radius 3 is 2.90 bits per heavy atom. The van der Waals surface area contributed by atoms with Gasteiger partial charge in [0.05, 0.1) is 0 Å². The maximum Gasteiger partial charge on any atom is 0.227 e. The molecule has 2 atom stereocenters. The van der Waals surface area contributed by atoms with E-state index >= 15 is 0 Å². The highest BCUT2D eigenvalue weighted by molar-refractivity contribution is 5.93. The fourth-order valence-corrected chi connectivity index (χ4v) is 3.79. The van der Waals surface area contributed by atoms with Crippen molar-refractivity contribution in [1.29, 1.82) is 0 Å². The average Bonchev–Trinajstić information content (AvgIpc) is 2.96. The quantitative estimate of drug-likeness (QED) is 0.889. The molecular formula is C17H24N2O. The minimum atomic E-state index is 0.111. The fraction of sp³-hybridized carbons (Fsp3) is 0.588. The van der Waals surface area contributed by atoms with Crippen molar-refractivity contribution >= 4 is 11.6 Å². The molecule has 3 heteroatoms. The number of benzene rings is 1. The summed E-state index contributed by atoms with van der Waals surface area (Å²) < 4.78 is 0. The first-order valence-electron chi connectivity index (χ1n) is 7.91. The number of fused-ring (bicyclic) bond motifs is 1. The highest BCUT2D eigenvalue weighted by atomic mass is 16.1. The van der Waals surface area contributed by atoms with Crippen molar-refractivity contribution in [3.05, 3.63) is 29.3 Å². The predicted molar refractivity (Wildman–Crippen MR) is 81.6 cm³/mol. The fourth-order valence-electron chi connectivity index (χ4n) is 3.79. The van der Waals surface area contributed by atoms with Crippen molar-refractivity contribution < 1.29 is 4.79 Å². The lowest BCUT2D eigenvalue weighted by molar-refractivity contribution is -0.120. The summed E-state index contributed by atoms with van der Waals surface area (Å²) in [5.74, 6) is 0.658. The van der Waals surface area contributed by atoms with Gasteiger partial charge in [0.25, 0.3) is 0 Å². The normalized spacial score (nSPS) is 25.2. The van der Waals surface area contributed by atoms with E-state index in [0.717, 1.165) is 37.8 Å². The molecule has 0 aromatic heterocycles. The molecule has 2 aliphatic rings. The third kappa shape index (κ3) is 2.59. The molecule has 0 aliphatic heterocycles. The molecule has 0 unspecified atom stereocenters. The number of amides is 1. The summed E-state index contributed by atoms with van der Waals surface area (Å²) in [4.78, 5) is 12.5. The van der Waals surface area contributed by atoms with Crippen LogP contribution in [0, 0.1) is 11.8 Å². The van der Waals surface area contributed by atoms with Gasteiger partial charge in [-0.3, -0.25) is 4.79 Å². The van der Waals surface area contributed by atoms with Gasteiger partial charge in [0, 0.05) is 11.6 Å². The second-order valence-electron chi connectivity index (χ2n) is 6.17. The van der Waals surface area contributed by atoms with Gasteiger partial charge in [0.2, 0.25) is 5.91 Å². The van der Waals surface area contributed by atoms with Crippen LogP contribution in [0.15, 0.2) is 18.2 Å². The SMILES string of the molecule is NC[C@H]1CCC[C@H]1C(=O)Nc1cccc2c1CCCC2. The van der Waals surface area contributed by atoms with Crippen LogP contribution in [0.5, 0.6) is 0 Å². The number of anilines is 1. The van der Waals surface area contributed by atoms with E-state index in [-0.39, 0.29) is 11.8 Å². The Bertz CT molecular complexity index is 498. The third-order valence-electron chi connectivity index (χ3n) is 4.95. The molecule has 0 spiro atoms. The van der Waals surface area contributed by atoms with Crippen molar-refractivity contribution in [3.8, 4) is 0 Å². The van der Waals surface area contributed by atoms with Gasteiger partial charge in [-0.25, -0.2) is 0 Å². The Labute approximate surface area is 120 Å². The summed E-state index contributed by atoms with van der Waals surface area (Å²) in [7, 11) is 0.